The van der Waals surface area contributed by atoms with Crippen molar-refractivity contribution in [3.8, 4) is 0 Å². The van der Waals surface area contributed by atoms with Crippen LogP contribution in [0.3, 0.4) is 0 Å². The normalized spacial score (nSPS) is 10.2. The number of benzene rings is 1. The number of amides is 1. The highest BCUT2D eigenvalue weighted by molar-refractivity contribution is 14.1. The van der Waals surface area contributed by atoms with Gasteiger partial charge < -0.3 is 11.1 Å². The number of hydrogen-bond acceptors (Lipinski definition) is 3. The van der Waals surface area contributed by atoms with E-state index in [-0.39, 0.29) is 11.6 Å². The molecule has 0 atom stereocenters. The Morgan fingerprint density at radius 3 is 2.76 bits per heavy atom. The van der Waals surface area contributed by atoms with Gasteiger partial charge in [0.05, 0.1) is 14.1 Å². The minimum absolute atomic E-state index is 0.130. The molecule has 0 fully saturated rings. The van der Waals surface area contributed by atoms with Crippen LogP contribution in [0.15, 0.2) is 29.6 Å². The van der Waals surface area contributed by atoms with Crippen LogP contribution in [-0.4, -0.2) is 5.91 Å². The minimum Gasteiger partial charge on any atom is -0.399 e. The summed E-state index contributed by atoms with van der Waals surface area (Å²) in [7, 11) is 0. The Labute approximate surface area is 115 Å². The SMILES string of the molecule is Nc1ccc(NC(=O)c2csc(I)c2)c(F)c1. The van der Waals surface area contributed by atoms with E-state index >= 15 is 0 Å². The zero-order chi connectivity index (χ0) is 12.4. The summed E-state index contributed by atoms with van der Waals surface area (Å²) in [6.45, 7) is 0. The fourth-order valence-electron chi connectivity index (χ4n) is 1.26. The maximum atomic E-state index is 13.4. The van der Waals surface area contributed by atoms with E-state index in [4.69, 9.17) is 5.73 Å². The van der Waals surface area contributed by atoms with Gasteiger partial charge in [0.1, 0.15) is 5.82 Å². The molecule has 3 nitrogen and oxygen atoms in total. The third kappa shape index (κ3) is 2.95. The molecule has 0 aliphatic carbocycles. The second-order valence-corrected chi connectivity index (χ2v) is 6.14. The highest BCUT2D eigenvalue weighted by Crippen LogP contribution is 2.20. The van der Waals surface area contributed by atoms with Crippen LogP contribution in [0.1, 0.15) is 10.4 Å². The molecule has 0 aliphatic rings. The van der Waals surface area contributed by atoms with E-state index in [1.54, 1.807) is 11.4 Å². The van der Waals surface area contributed by atoms with Crippen molar-refractivity contribution in [3.63, 3.8) is 0 Å². The average Bonchev–Trinajstić information content (AvgIpc) is 2.69. The monoisotopic (exact) mass is 362 g/mol. The summed E-state index contributed by atoms with van der Waals surface area (Å²) in [6.07, 6.45) is 0. The Balaban J connectivity index is 2.18. The highest BCUT2D eigenvalue weighted by Gasteiger charge is 2.10. The first kappa shape index (κ1) is 12.3. The first-order chi connectivity index (χ1) is 8.06. The van der Waals surface area contributed by atoms with Crippen molar-refractivity contribution < 1.29 is 9.18 Å². The van der Waals surface area contributed by atoms with Gasteiger partial charge >= 0.3 is 0 Å². The maximum absolute atomic E-state index is 13.4. The standard InChI is InChI=1S/C11H8FIN2OS/c12-8-4-7(14)1-2-9(8)15-11(16)6-3-10(13)17-5-6/h1-5H,14H2,(H,15,16). The highest BCUT2D eigenvalue weighted by atomic mass is 127. The second kappa shape index (κ2) is 5.01. The van der Waals surface area contributed by atoms with Crippen LogP contribution in [0.2, 0.25) is 0 Å². The van der Waals surface area contributed by atoms with E-state index in [0.717, 1.165) is 2.88 Å². The molecule has 0 saturated carbocycles. The fraction of sp³-hybridized carbons (Fsp3) is 0. The van der Waals surface area contributed by atoms with Crippen molar-refractivity contribution in [3.05, 3.63) is 43.9 Å². The number of nitrogens with one attached hydrogen (secondary N) is 1. The molecule has 1 heterocycles. The van der Waals surface area contributed by atoms with Crippen molar-refractivity contribution >= 4 is 51.2 Å². The number of carbonyl (C=O) groups excluding carboxylic acids is 1. The average molecular weight is 362 g/mol. The van der Waals surface area contributed by atoms with Gasteiger partial charge in [0.25, 0.3) is 5.91 Å². The number of anilines is 2. The number of nitrogens with two attached hydrogens (primary N) is 1. The molecule has 3 N–H and O–H groups in total. The Morgan fingerprint density at radius 2 is 2.18 bits per heavy atom. The predicted octanol–water partition coefficient (Wildman–Crippen LogP) is 3.33. The Bertz CT molecular complexity index is 570. The molecule has 1 amide bonds. The van der Waals surface area contributed by atoms with Gasteiger partial charge in [0, 0.05) is 11.1 Å². The van der Waals surface area contributed by atoms with Gasteiger partial charge in [-0.15, -0.1) is 11.3 Å². The van der Waals surface area contributed by atoms with Crippen molar-refractivity contribution in [1.29, 1.82) is 0 Å². The van der Waals surface area contributed by atoms with Crippen LogP contribution in [-0.2, 0) is 0 Å². The first-order valence-corrected chi connectivity index (χ1v) is 6.62. The van der Waals surface area contributed by atoms with Crippen LogP contribution in [0.25, 0.3) is 0 Å². The van der Waals surface area contributed by atoms with Crippen molar-refractivity contribution in [2.75, 3.05) is 11.1 Å². The third-order valence-electron chi connectivity index (χ3n) is 2.07. The van der Waals surface area contributed by atoms with E-state index in [0.29, 0.717) is 11.3 Å². The molecular weight excluding hydrogens is 354 g/mol. The molecule has 1 aromatic carbocycles. The summed E-state index contributed by atoms with van der Waals surface area (Å²) in [5, 5.41) is 4.23. The van der Waals surface area contributed by atoms with Crippen molar-refractivity contribution in [1.82, 2.24) is 0 Å². The lowest BCUT2D eigenvalue weighted by Gasteiger charge is -2.05. The van der Waals surface area contributed by atoms with Gasteiger partial charge in [-0.05, 0) is 46.9 Å². The molecule has 0 saturated heterocycles. The number of carbonyl (C=O) groups is 1. The molecule has 2 rings (SSSR count). The lowest BCUT2D eigenvalue weighted by Crippen LogP contribution is -2.12. The molecule has 0 radical (unpaired) electrons. The zero-order valence-electron chi connectivity index (χ0n) is 8.54. The molecule has 0 bridgehead atoms. The zero-order valence-corrected chi connectivity index (χ0v) is 11.5. The predicted molar refractivity (Wildman–Crippen MR) is 75.8 cm³/mol. The van der Waals surface area contributed by atoms with E-state index in [9.17, 15) is 9.18 Å². The Morgan fingerprint density at radius 1 is 1.41 bits per heavy atom. The minimum atomic E-state index is -0.539. The number of nitrogen functional groups attached to an aromatic ring is 1. The first-order valence-electron chi connectivity index (χ1n) is 4.66. The molecule has 17 heavy (non-hydrogen) atoms. The number of hydrogen-bond donors (Lipinski definition) is 2. The van der Waals surface area contributed by atoms with Crippen molar-refractivity contribution in [2.24, 2.45) is 0 Å². The van der Waals surface area contributed by atoms with Crippen LogP contribution in [0, 0.1) is 8.70 Å². The van der Waals surface area contributed by atoms with Crippen LogP contribution < -0.4 is 11.1 Å². The maximum Gasteiger partial charge on any atom is 0.256 e. The van der Waals surface area contributed by atoms with E-state index in [2.05, 4.69) is 27.9 Å². The van der Waals surface area contributed by atoms with E-state index in [1.807, 2.05) is 0 Å². The largest absolute Gasteiger partial charge is 0.399 e. The third-order valence-corrected chi connectivity index (χ3v) is 3.86. The molecule has 6 heteroatoms. The summed E-state index contributed by atoms with van der Waals surface area (Å²) in [4.78, 5) is 11.8. The summed E-state index contributed by atoms with van der Waals surface area (Å²) in [6, 6.07) is 5.90. The molecular formula is C11H8FIN2OS. The van der Waals surface area contributed by atoms with E-state index < -0.39 is 5.82 Å². The van der Waals surface area contributed by atoms with Crippen LogP contribution in [0.5, 0.6) is 0 Å². The van der Waals surface area contributed by atoms with Gasteiger partial charge in [-0.1, -0.05) is 0 Å². The molecule has 1 aromatic heterocycles. The molecule has 88 valence electrons. The molecule has 0 aliphatic heterocycles. The smallest absolute Gasteiger partial charge is 0.256 e. The van der Waals surface area contributed by atoms with Gasteiger partial charge in [-0.25, -0.2) is 4.39 Å². The molecule has 2 aromatic rings. The lowest BCUT2D eigenvalue weighted by molar-refractivity contribution is 0.102. The Kier molecular flexibility index (Phi) is 3.63. The fourth-order valence-corrected chi connectivity index (χ4v) is 2.58. The summed E-state index contributed by atoms with van der Waals surface area (Å²) < 4.78 is 14.4. The Hall–Kier alpha value is -1.15. The number of halogens is 2. The van der Waals surface area contributed by atoms with Gasteiger partial charge in [-0.2, -0.15) is 0 Å². The van der Waals surface area contributed by atoms with Gasteiger partial charge in [0.2, 0.25) is 0 Å². The van der Waals surface area contributed by atoms with Gasteiger partial charge in [0.15, 0.2) is 0 Å². The summed E-state index contributed by atoms with van der Waals surface area (Å²) >= 11 is 3.59. The number of thiophene rings is 1. The quantitative estimate of drug-likeness (QED) is 0.636. The van der Waals surface area contributed by atoms with Crippen LogP contribution >= 0.6 is 33.9 Å². The summed E-state index contributed by atoms with van der Waals surface area (Å²) in [5.74, 6) is -0.865. The lowest BCUT2D eigenvalue weighted by atomic mass is 10.2. The molecule has 0 spiro atoms. The van der Waals surface area contributed by atoms with Crippen molar-refractivity contribution in [2.45, 2.75) is 0 Å². The second-order valence-electron chi connectivity index (χ2n) is 3.33. The topological polar surface area (TPSA) is 55.1 Å². The molecule has 0 unspecified atom stereocenters. The van der Waals surface area contributed by atoms with Crippen LogP contribution in [0.4, 0.5) is 15.8 Å². The summed E-state index contributed by atoms with van der Waals surface area (Å²) in [5.41, 5.74) is 6.40. The van der Waals surface area contributed by atoms with Gasteiger partial charge in [-0.3, -0.25) is 4.79 Å². The van der Waals surface area contributed by atoms with E-state index in [1.165, 1.54) is 29.5 Å². The number of rotatable bonds is 2.